The van der Waals surface area contributed by atoms with E-state index in [0.717, 1.165) is 0 Å². The minimum atomic E-state index is -4.59. The van der Waals surface area contributed by atoms with Crippen molar-refractivity contribution < 1.29 is 58.1 Å². The molecule has 3 aliphatic heterocycles. The van der Waals surface area contributed by atoms with Crippen LogP contribution in [0.2, 0.25) is 0 Å². The van der Waals surface area contributed by atoms with E-state index >= 15 is 0 Å². The molecule has 2 aromatic carbocycles. The number of hydroxylamine groups is 2. The van der Waals surface area contributed by atoms with Gasteiger partial charge in [-0.2, -0.15) is 25.3 Å². The Balaban J connectivity index is 1.61. The summed E-state index contributed by atoms with van der Waals surface area (Å²) in [5, 5.41) is 0.905. The van der Waals surface area contributed by atoms with E-state index in [1.165, 1.54) is 18.2 Å². The van der Waals surface area contributed by atoms with Crippen LogP contribution in [0.5, 0.6) is 0 Å². The molecule has 0 aliphatic carbocycles. The first-order valence-corrected chi connectivity index (χ1v) is 25.5. The fourth-order valence-corrected chi connectivity index (χ4v) is 9.10. The third kappa shape index (κ3) is 13.1. The van der Waals surface area contributed by atoms with Gasteiger partial charge in [0.2, 0.25) is 0 Å². The van der Waals surface area contributed by atoms with Crippen molar-refractivity contribution in [3.63, 3.8) is 0 Å². The minimum Gasteiger partial charge on any atom is -0.344 e. The van der Waals surface area contributed by atoms with E-state index in [1.54, 1.807) is 55.5 Å². The third-order valence-electron chi connectivity index (χ3n) is 11.0. The number of hydrogen-bond acceptors (Lipinski definition) is 12. The number of allylic oxidation sites excluding steroid dienone is 9. The number of carbonyl (C=O) groups excluding carboxylic acids is 3. The van der Waals surface area contributed by atoms with Crippen LogP contribution in [0.15, 0.2) is 110 Å². The lowest BCUT2D eigenvalue weighted by molar-refractivity contribution is -0.197. The van der Waals surface area contributed by atoms with Crippen LogP contribution < -0.4 is 4.90 Å². The molecule has 0 unspecified atom stereocenters. The molecule has 5 rings (SSSR count). The summed E-state index contributed by atoms with van der Waals surface area (Å²) >= 11 is 6.47. The number of imide groups is 1. The summed E-state index contributed by atoms with van der Waals surface area (Å²) in [6.07, 6.45) is 10.6. The van der Waals surface area contributed by atoms with E-state index in [0.29, 0.717) is 60.9 Å². The van der Waals surface area contributed by atoms with Crippen LogP contribution in [0.4, 0.5) is 5.69 Å². The summed E-state index contributed by atoms with van der Waals surface area (Å²) in [5.41, 5.74) is 3.20. The van der Waals surface area contributed by atoms with E-state index in [-0.39, 0.29) is 56.5 Å². The van der Waals surface area contributed by atoms with Crippen molar-refractivity contribution in [3.05, 3.63) is 112 Å². The molecule has 350 valence electrons. The largest absolute Gasteiger partial charge is 0.344 e. The Kier molecular flexibility index (Phi) is 15.8. The first-order chi connectivity index (χ1) is 30.2. The fourth-order valence-electron chi connectivity index (χ4n) is 7.50. The zero-order valence-electron chi connectivity index (χ0n) is 36.4. The van der Waals surface area contributed by atoms with Crippen LogP contribution in [-0.2, 0) is 61.4 Å². The van der Waals surface area contributed by atoms with E-state index < -0.39 is 70.5 Å². The first kappa shape index (κ1) is 50.9. The average Bonchev–Trinajstić information content (AvgIpc) is 3.73. The predicted molar refractivity (Wildman–Crippen MR) is 247 cm³/mol. The molecule has 3 aliphatic rings. The molecule has 1 saturated heterocycles. The normalized spacial score (nSPS) is 19.9. The number of hydrogen-bond donors (Lipinski definition) is 3. The highest BCUT2D eigenvalue weighted by Gasteiger charge is 2.41. The van der Waals surface area contributed by atoms with E-state index in [1.807, 2.05) is 44.7 Å². The molecule has 0 bridgehead atoms. The van der Waals surface area contributed by atoms with E-state index in [9.17, 15) is 53.3 Å². The lowest BCUT2D eigenvalue weighted by atomic mass is 9.80. The Hall–Kier alpha value is -5.09. The van der Waals surface area contributed by atoms with Crippen LogP contribution in [0.3, 0.4) is 0 Å². The average molecular weight is 976 g/mol. The Bertz CT molecular complexity index is 2810. The molecule has 0 radical (unpaired) electrons. The number of carbonyl (C=O) groups is 3. The Morgan fingerprint density at radius 3 is 2.22 bits per heavy atom. The molecule has 0 saturated carbocycles. The maximum absolute atomic E-state index is 12.7. The third-order valence-corrected chi connectivity index (χ3v) is 13.8. The van der Waals surface area contributed by atoms with Gasteiger partial charge < -0.3 is 9.74 Å². The summed E-state index contributed by atoms with van der Waals surface area (Å²) in [6, 6.07) is 11.4. The van der Waals surface area contributed by atoms with Gasteiger partial charge in [0.15, 0.2) is 5.84 Å². The number of rotatable bonds is 18. The van der Waals surface area contributed by atoms with Crippen molar-refractivity contribution in [1.29, 1.82) is 0 Å². The van der Waals surface area contributed by atoms with Crippen LogP contribution in [0.1, 0.15) is 83.4 Å². The number of amidine groups is 1. The Morgan fingerprint density at radius 2 is 1.58 bits per heavy atom. The van der Waals surface area contributed by atoms with Gasteiger partial charge in [0.05, 0.1) is 28.5 Å². The Labute approximate surface area is 384 Å². The molecule has 17 nitrogen and oxygen atoms in total. The van der Waals surface area contributed by atoms with E-state index in [4.69, 9.17) is 21.4 Å². The molecular weight excluding hydrogens is 924 g/mol. The van der Waals surface area contributed by atoms with Gasteiger partial charge in [0.25, 0.3) is 42.2 Å². The zero-order chi connectivity index (χ0) is 48.1. The first-order valence-electron chi connectivity index (χ1n) is 20.5. The topological polar surface area (TPSA) is 255 Å². The van der Waals surface area contributed by atoms with Gasteiger partial charge in [-0.1, -0.05) is 81.8 Å². The molecule has 0 spiro atoms. The predicted octanol–water partition coefficient (Wildman–Crippen LogP) is 6.60. The van der Waals surface area contributed by atoms with Crippen molar-refractivity contribution in [2.75, 3.05) is 29.5 Å². The maximum atomic E-state index is 12.7. The maximum Gasteiger partial charge on any atom is 0.333 e. The molecule has 3 N–H and O–H groups in total. The number of anilines is 1. The van der Waals surface area contributed by atoms with Gasteiger partial charge in [-0.15, -0.1) is 5.06 Å². The number of halogens is 1. The van der Waals surface area contributed by atoms with Gasteiger partial charge in [-0.05, 0) is 84.9 Å². The number of aryl methyl sites for hydroxylation is 1. The summed E-state index contributed by atoms with van der Waals surface area (Å²) < 4.78 is 99.3. The van der Waals surface area contributed by atoms with Crippen LogP contribution in [0.25, 0.3) is 5.57 Å². The number of benzene rings is 2. The highest BCUT2D eigenvalue weighted by Crippen LogP contribution is 2.49. The number of nitrogens with zero attached hydrogens (tertiary/aromatic N) is 4. The standard InChI is InChI=1S/C44H51ClN4O13S3/c1-6-32(45)27-35-42(46-22-8-24-63(53,54)55)47-37(43(35,2)3)17-13-30(31-11-7-10-29(26-31)12-21-41(52)62-49-39(50)19-20-40(49)51)14-18-38-44(4,5)34-28-33(65(59,60)61)15-16-36(34)48(38)23-9-25-64(56,57)58/h6-7,10-11,13-18,26-28H,8-9,12,19-25H2,1-5H3,(H,53,54,55)(H,56,57,58)(H,59,60,61)/b17-13+,30-14-,32-6+,35-27?,38-18+,46-42?. The summed E-state index contributed by atoms with van der Waals surface area (Å²) in [7, 11) is -13.1. The molecule has 2 aromatic rings. The second-order valence-corrected chi connectivity index (χ2v) is 21.5. The molecule has 1 fully saturated rings. The number of aliphatic imine (C=N–C) groups is 2. The summed E-state index contributed by atoms with van der Waals surface area (Å²) in [4.78, 5) is 52.7. The second-order valence-electron chi connectivity index (χ2n) is 16.5. The van der Waals surface area contributed by atoms with Crippen LogP contribution in [0, 0.1) is 5.41 Å². The quantitative estimate of drug-likeness (QED) is 0.0616. The highest BCUT2D eigenvalue weighted by molar-refractivity contribution is 7.86. The minimum absolute atomic E-state index is 0.00840. The molecule has 65 heavy (non-hydrogen) atoms. The highest BCUT2D eigenvalue weighted by atomic mass is 35.5. The fraction of sp³-hybridized carbons (Fsp3) is 0.386. The van der Waals surface area contributed by atoms with Gasteiger partial charge in [0, 0.05) is 58.8 Å². The van der Waals surface area contributed by atoms with Gasteiger partial charge in [-0.25, -0.2) is 9.79 Å². The Morgan fingerprint density at radius 1 is 0.923 bits per heavy atom. The van der Waals surface area contributed by atoms with Crippen molar-refractivity contribution >= 4 is 82.5 Å². The van der Waals surface area contributed by atoms with Gasteiger partial charge >= 0.3 is 5.97 Å². The van der Waals surface area contributed by atoms with Crippen molar-refractivity contribution in [3.8, 4) is 0 Å². The molecular formula is C44H51ClN4O13S3. The smallest absolute Gasteiger partial charge is 0.333 e. The van der Waals surface area contributed by atoms with Gasteiger partial charge in [-0.3, -0.25) is 28.2 Å². The molecule has 0 atom stereocenters. The number of amides is 2. The lowest BCUT2D eigenvalue weighted by Crippen LogP contribution is -2.32. The van der Waals surface area contributed by atoms with E-state index in [2.05, 4.69) is 4.99 Å². The molecule has 0 aromatic heterocycles. The number of fused-ring (bicyclic) bond motifs is 1. The molecule has 2 amide bonds. The zero-order valence-corrected chi connectivity index (χ0v) is 39.6. The van der Waals surface area contributed by atoms with Crippen molar-refractivity contribution in [2.24, 2.45) is 15.4 Å². The van der Waals surface area contributed by atoms with Crippen LogP contribution in [-0.4, -0.2) is 97.9 Å². The molecule has 3 heterocycles. The second kappa shape index (κ2) is 20.2. The summed E-state index contributed by atoms with van der Waals surface area (Å²) in [6.45, 7) is 9.44. The van der Waals surface area contributed by atoms with Gasteiger partial charge in [0.1, 0.15) is 0 Å². The van der Waals surface area contributed by atoms with Crippen molar-refractivity contribution in [2.45, 2.75) is 83.5 Å². The SMILES string of the molecule is C/C=C(/Cl)C=C1C(=NCCCS(=O)(=O)O)N=C(/C=C/C(=C/C=C2/N(CCCS(=O)(=O)O)c3ccc(S(=O)(=O)O)cc3C2(C)C)c2cccc(CCC(=O)ON3C(=O)CCC3=O)c2)C1(C)C. The summed E-state index contributed by atoms with van der Waals surface area (Å²) in [5.74, 6) is -2.66. The monoisotopic (exact) mass is 974 g/mol. The molecule has 21 heteroatoms. The van der Waals surface area contributed by atoms with Crippen LogP contribution >= 0.6 is 11.6 Å². The van der Waals surface area contributed by atoms with Crippen molar-refractivity contribution in [1.82, 2.24) is 5.06 Å². The lowest BCUT2D eigenvalue weighted by Gasteiger charge is -2.27.